The predicted octanol–water partition coefficient (Wildman–Crippen LogP) is 3.64. The van der Waals surface area contributed by atoms with E-state index >= 15 is 0 Å². The number of aromatic nitrogens is 12. The molecule has 4 saturated heterocycles. The maximum Gasteiger partial charge on any atom is 0.220 e. The number of imidazole rings is 2. The van der Waals surface area contributed by atoms with E-state index in [1.165, 1.54) is 25.7 Å². The summed E-state index contributed by atoms with van der Waals surface area (Å²) in [6.07, 6.45) is 8.35. The number of hydrogen-bond donors (Lipinski definition) is 5. The highest BCUT2D eigenvalue weighted by molar-refractivity contribution is 6.29. The average molecular weight is 994 g/mol. The number of nitrogen functional groups attached to an aromatic ring is 2. The molecule has 6 aromatic rings. The highest BCUT2D eigenvalue weighted by atomic mass is 35.5. The van der Waals surface area contributed by atoms with Gasteiger partial charge in [0.2, 0.25) is 23.1 Å². The number of piperazine rings is 2. The summed E-state index contributed by atoms with van der Waals surface area (Å²) in [6, 6.07) is 2.09. The van der Waals surface area contributed by atoms with Crippen LogP contribution in [0.15, 0.2) is 12.4 Å². The second-order valence-electron chi connectivity index (χ2n) is 20.1. The second-order valence-corrected chi connectivity index (χ2v) is 20.5. The van der Waals surface area contributed by atoms with E-state index in [9.17, 15) is 0 Å². The molecule has 0 amide bonds. The van der Waals surface area contributed by atoms with E-state index in [2.05, 4.69) is 87.8 Å². The fourth-order valence-corrected chi connectivity index (χ4v) is 10.1. The van der Waals surface area contributed by atoms with Crippen LogP contribution in [0.4, 0.5) is 29.5 Å². The molecule has 0 spiro atoms. The Morgan fingerprint density at radius 1 is 0.577 bits per heavy atom. The van der Waals surface area contributed by atoms with Crippen molar-refractivity contribution in [3.05, 3.63) is 29.1 Å². The minimum atomic E-state index is 0.234. The molecule has 0 aromatic carbocycles. The molecule has 4 aliphatic heterocycles. The molecular formula is C48H69ClN20O2. The third-order valence-electron chi connectivity index (χ3n) is 13.8. The number of nitrogens with one attached hydrogen (secondary N) is 3. The maximum atomic E-state index is 6.50. The van der Waals surface area contributed by atoms with Gasteiger partial charge in [-0.1, -0.05) is 0 Å². The zero-order valence-corrected chi connectivity index (χ0v) is 42.7. The van der Waals surface area contributed by atoms with Crippen molar-refractivity contribution in [1.29, 1.82) is 0 Å². The Balaban J connectivity index is 0.000000144. The number of halogens is 1. The van der Waals surface area contributed by atoms with Crippen LogP contribution in [0.3, 0.4) is 0 Å². The van der Waals surface area contributed by atoms with E-state index in [1.54, 1.807) is 12.4 Å². The average Bonchev–Trinajstić information content (AvgIpc) is 4.29. The fourth-order valence-electron chi connectivity index (χ4n) is 9.87. The van der Waals surface area contributed by atoms with Crippen molar-refractivity contribution in [2.75, 3.05) is 105 Å². The fraction of sp³-hybridized carbons (Fsp3) is 0.625. The van der Waals surface area contributed by atoms with Crippen molar-refractivity contribution in [3.8, 4) is 22.8 Å². The minimum Gasteiger partial charge on any atom is -0.378 e. The van der Waals surface area contributed by atoms with Gasteiger partial charge >= 0.3 is 0 Å². The molecular weight excluding hydrogens is 924 g/mol. The van der Waals surface area contributed by atoms with Crippen LogP contribution < -0.4 is 42.1 Å². The van der Waals surface area contributed by atoms with Crippen LogP contribution in [-0.4, -0.2) is 162 Å². The number of rotatable bonds is 9. The van der Waals surface area contributed by atoms with Crippen molar-refractivity contribution >= 4 is 63.4 Å². The Morgan fingerprint density at radius 2 is 1.03 bits per heavy atom. The third kappa shape index (κ3) is 11.4. The van der Waals surface area contributed by atoms with Crippen LogP contribution in [-0.2, 0) is 22.6 Å². The third-order valence-corrected chi connectivity index (χ3v) is 14.1. The number of hydrogen-bond acceptors (Lipinski definition) is 20. The first kappa shape index (κ1) is 49.0. The van der Waals surface area contributed by atoms with Gasteiger partial charge in [-0.2, -0.15) is 0 Å². The Morgan fingerprint density at radius 3 is 1.48 bits per heavy atom. The van der Waals surface area contributed by atoms with Gasteiger partial charge in [-0.05, 0) is 90.7 Å². The number of morpholine rings is 2. The number of fused-ring (bicyclic) bond motifs is 2. The molecule has 6 aliphatic rings. The zero-order valence-electron chi connectivity index (χ0n) is 41.9. The standard InChI is InChI=1S/C24H34N10O.C18H21ClN8O.C6H14N2/c1-14-11-33(12-15(2)27-14)24-29-19-21(32-6-8-35-9-7-32)30-20(18-10-26-23(25)28-16(18)3)31-22(19)34(24)13-17-4-5-17;1-10-12(8-21-18(20)22-10)14-24-15(26-4-6-28-7-5-26)13-16(25-14)27(17(19)23-13)9-11-2-3-11;1-5-3-7-4-6(2)8-5/h10,14-15,17,27H,4-9,11-13H2,1-3H3,(H2,25,26,28);8,11H,2-7,9H2,1H3,(H2,20,21,22);5-8H,3-4H2,1-2H3/t14-,15+;;5-,6+. The quantitative estimate of drug-likeness (QED) is 0.130. The van der Waals surface area contributed by atoms with Gasteiger partial charge in [0.15, 0.2) is 45.6 Å². The van der Waals surface area contributed by atoms with Gasteiger partial charge in [0.05, 0.1) is 48.9 Å². The number of ether oxygens (including phenoxy) is 2. The van der Waals surface area contributed by atoms with E-state index in [0.717, 1.165) is 128 Å². The topological polar surface area (TPSA) is 255 Å². The normalized spacial score (nSPS) is 22.8. The molecule has 12 rings (SSSR count). The number of anilines is 5. The molecule has 380 valence electrons. The van der Waals surface area contributed by atoms with Gasteiger partial charge in [0.1, 0.15) is 0 Å². The monoisotopic (exact) mass is 993 g/mol. The van der Waals surface area contributed by atoms with Crippen molar-refractivity contribution in [3.63, 3.8) is 0 Å². The second kappa shape index (κ2) is 21.2. The smallest absolute Gasteiger partial charge is 0.220 e. The highest BCUT2D eigenvalue weighted by Gasteiger charge is 2.33. The van der Waals surface area contributed by atoms with Crippen LogP contribution >= 0.6 is 11.6 Å². The molecule has 7 N–H and O–H groups in total. The first-order chi connectivity index (χ1) is 34.3. The van der Waals surface area contributed by atoms with Crippen molar-refractivity contribution < 1.29 is 9.47 Å². The Bertz CT molecular complexity index is 2800. The maximum absolute atomic E-state index is 6.50. The van der Waals surface area contributed by atoms with E-state index in [4.69, 9.17) is 57.5 Å². The van der Waals surface area contributed by atoms with E-state index in [-0.39, 0.29) is 11.9 Å². The minimum absolute atomic E-state index is 0.234. The molecule has 2 aliphatic carbocycles. The number of nitrogens with two attached hydrogens (primary N) is 2. The number of nitrogens with zero attached hydrogens (tertiary/aromatic N) is 15. The summed E-state index contributed by atoms with van der Waals surface area (Å²) in [5, 5.41) is 10.8. The molecule has 6 aromatic heterocycles. The Kier molecular flexibility index (Phi) is 14.6. The molecule has 71 heavy (non-hydrogen) atoms. The first-order valence-electron chi connectivity index (χ1n) is 25.4. The summed E-state index contributed by atoms with van der Waals surface area (Å²) in [4.78, 5) is 53.5. The lowest BCUT2D eigenvalue weighted by Crippen LogP contribution is -2.55. The molecule has 0 unspecified atom stereocenters. The van der Waals surface area contributed by atoms with Crippen LogP contribution in [0.1, 0.15) is 64.8 Å². The molecule has 2 saturated carbocycles. The van der Waals surface area contributed by atoms with E-state index in [0.29, 0.717) is 79.4 Å². The molecule has 0 radical (unpaired) electrons. The lowest BCUT2D eigenvalue weighted by Gasteiger charge is -2.36. The summed E-state index contributed by atoms with van der Waals surface area (Å²) in [6.45, 7) is 24.2. The van der Waals surface area contributed by atoms with Crippen LogP contribution in [0.2, 0.25) is 5.28 Å². The van der Waals surface area contributed by atoms with Crippen LogP contribution in [0.5, 0.6) is 0 Å². The van der Waals surface area contributed by atoms with E-state index < -0.39 is 0 Å². The van der Waals surface area contributed by atoms with Gasteiger partial charge in [0, 0.05) is 102 Å². The predicted molar refractivity (Wildman–Crippen MR) is 277 cm³/mol. The summed E-state index contributed by atoms with van der Waals surface area (Å²) >= 11 is 6.50. The van der Waals surface area contributed by atoms with Crippen LogP contribution in [0, 0.1) is 25.7 Å². The summed E-state index contributed by atoms with van der Waals surface area (Å²) in [5.41, 5.74) is 17.8. The number of aryl methyl sites for hydroxylation is 2. The Labute approximate surface area is 419 Å². The Hall–Kier alpha value is -5.65. The lowest BCUT2D eigenvalue weighted by molar-refractivity contribution is 0.122. The van der Waals surface area contributed by atoms with Gasteiger partial charge in [-0.15, -0.1) is 0 Å². The molecule has 22 nitrogen and oxygen atoms in total. The SMILES string of the molecule is C[C@@H]1CNC[C@H](C)N1.Cc1nc(N)ncc1-c1nc(N2CCOCC2)c2nc(Cl)n(CC3CC3)c2n1.Cc1nc(N)ncc1-c1nc(N2CCOCC2)c2nc(N3C[C@@H](C)N[C@@H](C)C3)n(CC3CC3)c2n1. The molecule has 0 bridgehead atoms. The van der Waals surface area contributed by atoms with Gasteiger partial charge < -0.3 is 51.6 Å². The molecule has 23 heteroatoms. The summed E-state index contributed by atoms with van der Waals surface area (Å²) in [7, 11) is 0. The van der Waals surface area contributed by atoms with Crippen molar-refractivity contribution in [2.45, 2.75) is 104 Å². The lowest BCUT2D eigenvalue weighted by atomic mass is 10.1. The zero-order chi connectivity index (χ0) is 49.3. The highest BCUT2D eigenvalue weighted by Crippen LogP contribution is 2.38. The van der Waals surface area contributed by atoms with Crippen molar-refractivity contribution in [2.24, 2.45) is 11.8 Å². The first-order valence-corrected chi connectivity index (χ1v) is 25.8. The molecule has 4 atom stereocenters. The largest absolute Gasteiger partial charge is 0.378 e. The van der Waals surface area contributed by atoms with Crippen LogP contribution in [0.25, 0.3) is 45.1 Å². The van der Waals surface area contributed by atoms with E-state index in [1.807, 2.05) is 18.4 Å². The molecule has 6 fully saturated rings. The van der Waals surface area contributed by atoms with Gasteiger partial charge in [-0.25, -0.2) is 49.8 Å². The van der Waals surface area contributed by atoms with Gasteiger partial charge in [-0.3, -0.25) is 9.13 Å². The van der Waals surface area contributed by atoms with Crippen molar-refractivity contribution in [1.82, 2.24) is 74.9 Å². The van der Waals surface area contributed by atoms with Gasteiger partial charge in [0.25, 0.3) is 0 Å². The summed E-state index contributed by atoms with van der Waals surface area (Å²) in [5.74, 6) is 5.60. The molecule has 10 heterocycles. The summed E-state index contributed by atoms with van der Waals surface area (Å²) < 4.78 is 15.5.